The number of nitrogens with one attached hydrogen (secondary N) is 1. The summed E-state index contributed by atoms with van der Waals surface area (Å²) < 4.78 is 6.43. The fourth-order valence-corrected chi connectivity index (χ4v) is 3.62. The third-order valence-corrected chi connectivity index (χ3v) is 5.18. The molecule has 2 aromatic heterocycles. The molecule has 29 heavy (non-hydrogen) atoms. The van der Waals surface area contributed by atoms with Gasteiger partial charge >= 0.3 is 5.69 Å². The molecule has 1 N–H and O–H groups in total. The van der Waals surface area contributed by atoms with Gasteiger partial charge < -0.3 is 9.64 Å². The van der Waals surface area contributed by atoms with Gasteiger partial charge in [-0.1, -0.05) is 18.2 Å². The summed E-state index contributed by atoms with van der Waals surface area (Å²) in [5.74, 6) is 1.92. The Morgan fingerprint density at radius 2 is 2.07 bits per heavy atom. The van der Waals surface area contributed by atoms with Crippen LogP contribution in [0, 0.1) is 0 Å². The number of piperidine rings is 1. The van der Waals surface area contributed by atoms with Crippen molar-refractivity contribution in [2.45, 2.75) is 25.2 Å². The third-order valence-electron chi connectivity index (χ3n) is 5.18. The number of H-pyrrole nitrogens is 1. The van der Waals surface area contributed by atoms with Crippen molar-refractivity contribution in [2.75, 3.05) is 20.2 Å². The number of likely N-dealkylation sites (tertiary alicyclic amines) is 1. The minimum absolute atomic E-state index is 0.00114. The first-order chi connectivity index (χ1) is 14.1. The standard InChI is InChI=1S/C21H23N5O3/c1-29-17-9-7-15(8-10-17)13-19(27)25-12-4-5-16(14-25)20-23-21(28)26(24-20)18-6-2-3-11-22-18/h2-3,6-11,16H,4-5,12-14H2,1H3,(H,23,24,28). The highest BCUT2D eigenvalue weighted by Gasteiger charge is 2.27. The van der Waals surface area contributed by atoms with Crippen molar-refractivity contribution in [3.8, 4) is 11.6 Å². The Hall–Kier alpha value is -3.42. The Morgan fingerprint density at radius 1 is 1.24 bits per heavy atom. The Kier molecular flexibility index (Phi) is 5.41. The number of carbonyl (C=O) groups is 1. The smallest absolute Gasteiger partial charge is 0.349 e. The van der Waals surface area contributed by atoms with Gasteiger partial charge in [-0.05, 0) is 42.7 Å². The van der Waals surface area contributed by atoms with Crippen LogP contribution in [0.5, 0.6) is 5.75 Å². The second-order valence-corrected chi connectivity index (χ2v) is 7.12. The maximum absolute atomic E-state index is 12.8. The minimum Gasteiger partial charge on any atom is -0.497 e. The Morgan fingerprint density at radius 3 is 2.79 bits per heavy atom. The van der Waals surface area contributed by atoms with Gasteiger partial charge in [0.1, 0.15) is 11.6 Å². The van der Waals surface area contributed by atoms with E-state index < -0.39 is 0 Å². The summed E-state index contributed by atoms with van der Waals surface area (Å²) in [6.07, 6.45) is 3.71. The lowest BCUT2D eigenvalue weighted by atomic mass is 9.97. The van der Waals surface area contributed by atoms with Crippen LogP contribution in [0.4, 0.5) is 0 Å². The molecule has 0 saturated carbocycles. The predicted octanol–water partition coefficient (Wildman–Crippen LogP) is 1.91. The van der Waals surface area contributed by atoms with Crippen LogP contribution >= 0.6 is 0 Å². The van der Waals surface area contributed by atoms with Crippen LogP contribution in [0.15, 0.2) is 53.5 Å². The molecule has 1 amide bonds. The number of hydrogen-bond acceptors (Lipinski definition) is 5. The van der Waals surface area contributed by atoms with Gasteiger partial charge in [-0.3, -0.25) is 9.78 Å². The molecule has 1 aromatic carbocycles. The molecular formula is C21H23N5O3. The molecule has 1 saturated heterocycles. The summed E-state index contributed by atoms with van der Waals surface area (Å²) in [7, 11) is 1.62. The molecule has 3 aromatic rings. The molecule has 0 aliphatic carbocycles. The van der Waals surface area contributed by atoms with Crippen LogP contribution in [0.3, 0.4) is 0 Å². The average molecular weight is 393 g/mol. The topological polar surface area (TPSA) is 93.1 Å². The summed E-state index contributed by atoms with van der Waals surface area (Å²) in [5, 5.41) is 4.43. The Bertz CT molecular complexity index is 1030. The number of nitrogens with zero attached hydrogens (tertiary/aromatic N) is 4. The van der Waals surface area contributed by atoms with E-state index in [9.17, 15) is 9.59 Å². The molecule has 1 fully saturated rings. The van der Waals surface area contributed by atoms with Crippen LogP contribution in [0.2, 0.25) is 0 Å². The first-order valence-electron chi connectivity index (χ1n) is 9.65. The van der Waals surface area contributed by atoms with E-state index in [2.05, 4.69) is 15.1 Å². The van der Waals surface area contributed by atoms with E-state index in [1.807, 2.05) is 35.2 Å². The maximum Gasteiger partial charge on any atom is 0.349 e. The molecule has 4 rings (SSSR count). The molecule has 1 unspecified atom stereocenters. The van der Waals surface area contributed by atoms with Crippen molar-refractivity contribution in [3.05, 3.63) is 70.5 Å². The van der Waals surface area contributed by atoms with E-state index in [0.29, 0.717) is 24.6 Å². The number of ether oxygens (including phenoxy) is 1. The van der Waals surface area contributed by atoms with Crippen LogP contribution in [0.1, 0.15) is 30.1 Å². The Balaban J connectivity index is 1.45. The van der Waals surface area contributed by atoms with Crippen LogP contribution < -0.4 is 10.4 Å². The molecule has 8 nitrogen and oxygen atoms in total. The molecule has 8 heteroatoms. The van der Waals surface area contributed by atoms with Crippen molar-refractivity contribution >= 4 is 5.91 Å². The van der Waals surface area contributed by atoms with Crippen molar-refractivity contribution < 1.29 is 9.53 Å². The largest absolute Gasteiger partial charge is 0.497 e. The van der Waals surface area contributed by atoms with Gasteiger partial charge in [-0.15, -0.1) is 5.10 Å². The average Bonchev–Trinajstić information content (AvgIpc) is 3.16. The summed E-state index contributed by atoms with van der Waals surface area (Å²) in [5.41, 5.74) is 0.631. The first-order valence-corrected chi connectivity index (χ1v) is 9.65. The molecule has 3 heterocycles. The number of hydrogen-bond donors (Lipinski definition) is 1. The van der Waals surface area contributed by atoms with Crippen molar-refractivity contribution in [2.24, 2.45) is 0 Å². The van der Waals surface area contributed by atoms with Crippen molar-refractivity contribution in [3.63, 3.8) is 0 Å². The number of methoxy groups -OCH3 is 1. The van der Waals surface area contributed by atoms with E-state index in [0.717, 1.165) is 30.7 Å². The summed E-state index contributed by atoms with van der Waals surface area (Å²) in [6, 6.07) is 12.9. The molecule has 1 atom stereocenters. The third kappa shape index (κ3) is 4.21. The van der Waals surface area contributed by atoms with Gasteiger partial charge in [-0.25, -0.2) is 9.78 Å². The van der Waals surface area contributed by atoms with E-state index in [4.69, 9.17) is 4.74 Å². The summed E-state index contributed by atoms with van der Waals surface area (Å²) >= 11 is 0. The molecule has 1 aliphatic rings. The zero-order valence-electron chi connectivity index (χ0n) is 16.2. The lowest BCUT2D eigenvalue weighted by Gasteiger charge is -2.31. The fourth-order valence-electron chi connectivity index (χ4n) is 3.62. The van der Waals surface area contributed by atoms with Gasteiger partial charge in [0.15, 0.2) is 5.82 Å². The Labute approximate surface area is 168 Å². The number of aromatic amines is 1. The summed E-state index contributed by atoms with van der Waals surface area (Å²) in [4.78, 5) is 34.0. The van der Waals surface area contributed by atoms with E-state index >= 15 is 0 Å². The maximum atomic E-state index is 12.8. The van der Waals surface area contributed by atoms with Gasteiger partial charge in [0.05, 0.1) is 13.5 Å². The zero-order valence-corrected chi connectivity index (χ0v) is 16.2. The molecule has 0 bridgehead atoms. The highest BCUT2D eigenvalue weighted by molar-refractivity contribution is 5.79. The highest BCUT2D eigenvalue weighted by Crippen LogP contribution is 2.24. The van der Waals surface area contributed by atoms with Crippen LogP contribution in [-0.2, 0) is 11.2 Å². The van der Waals surface area contributed by atoms with Crippen molar-refractivity contribution in [1.82, 2.24) is 24.6 Å². The number of aromatic nitrogens is 4. The molecule has 150 valence electrons. The molecular weight excluding hydrogens is 370 g/mol. The van der Waals surface area contributed by atoms with E-state index in [-0.39, 0.29) is 17.5 Å². The fraction of sp³-hybridized carbons (Fsp3) is 0.333. The normalized spacial score (nSPS) is 16.6. The van der Waals surface area contributed by atoms with Gasteiger partial charge in [0, 0.05) is 25.2 Å². The number of benzene rings is 1. The van der Waals surface area contributed by atoms with Crippen LogP contribution in [-0.4, -0.2) is 50.8 Å². The second kappa shape index (κ2) is 8.30. The first kappa shape index (κ1) is 18.9. The zero-order chi connectivity index (χ0) is 20.2. The number of carbonyl (C=O) groups excluding carboxylic acids is 1. The highest BCUT2D eigenvalue weighted by atomic mass is 16.5. The van der Waals surface area contributed by atoms with Gasteiger partial charge in [0.2, 0.25) is 5.91 Å². The monoisotopic (exact) mass is 393 g/mol. The molecule has 1 aliphatic heterocycles. The molecule has 0 radical (unpaired) electrons. The van der Waals surface area contributed by atoms with E-state index in [1.165, 1.54) is 4.68 Å². The lowest BCUT2D eigenvalue weighted by molar-refractivity contribution is -0.131. The molecule has 0 spiro atoms. The van der Waals surface area contributed by atoms with Gasteiger partial charge in [-0.2, -0.15) is 4.68 Å². The lowest BCUT2D eigenvalue weighted by Crippen LogP contribution is -2.40. The quantitative estimate of drug-likeness (QED) is 0.715. The number of rotatable bonds is 5. The van der Waals surface area contributed by atoms with Crippen LogP contribution in [0.25, 0.3) is 5.82 Å². The second-order valence-electron chi connectivity index (χ2n) is 7.12. The minimum atomic E-state index is -0.319. The number of pyridine rings is 1. The van der Waals surface area contributed by atoms with Crippen molar-refractivity contribution in [1.29, 1.82) is 0 Å². The summed E-state index contributed by atoms with van der Waals surface area (Å²) in [6.45, 7) is 1.26. The van der Waals surface area contributed by atoms with Gasteiger partial charge in [0.25, 0.3) is 0 Å². The predicted molar refractivity (Wildman–Crippen MR) is 107 cm³/mol. The number of amides is 1. The van der Waals surface area contributed by atoms with E-state index in [1.54, 1.807) is 25.4 Å². The SMILES string of the molecule is COc1ccc(CC(=O)N2CCCC(c3nn(-c4ccccn4)c(=O)[nH]3)C2)cc1.